The molecular weight excluding hydrogens is 379 g/mol. The molecule has 0 unspecified atom stereocenters. The third-order valence-corrected chi connectivity index (χ3v) is 3.82. The fraction of sp³-hybridized carbons (Fsp3) is 0.0714. The van der Waals surface area contributed by atoms with Crippen LogP contribution in [0, 0.1) is 0 Å². The summed E-state index contributed by atoms with van der Waals surface area (Å²) in [6.45, 7) is 0. The van der Waals surface area contributed by atoms with E-state index in [2.05, 4.69) is 26.0 Å². The zero-order chi connectivity index (χ0) is 16.8. The van der Waals surface area contributed by atoms with E-state index in [0.717, 1.165) is 6.07 Å². The standard InChI is InChI=1S/C14H7BrF3N3O2/c15-10-11(13(22)23)20-21-9(14(16,17)18)6-8(19-12(10)21)7-4-2-1-3-5-7/h1-6H,(H,22,23)/p-1. The Morgan fingerprint density at radius 2 is 1.87 bits per heavy atom. The van der Waals surface area contributed by atoms with Crippen molar-refractivity contribution in [2.24, 2.45) is 0 Å². The van der Waals surface area contributed by atoms with Crippen molar-refractivity contribution in [3.8, 4) is 11.3 Å². The Kier molecular flexibility index (Phi) is 3.59. The summed E-state index contributed by atoms with van der Waals surface area (Å²) >= 11 is 2.93. The molecule has 0 amide bonds. The molecule has 0 saturated carbocycles. The van der Waals surface area contributed by atoms with E-state index >= 15 is 0 Å². The largest absolute Gasteiger partial charge is 0.543 e. The molecule has 0 spiro atoms. The van der Waals surface area contributed by atoms with E-state index < -0.39 is 23.5 Å². The number of rotatable bonds is 2. The van der Waals surface area contributed by atoms with Crippen LogP contribution in [-0.4, -0.2) is 20.6 Å². The number of hydrogen-bond acceptors (Lipinski definition) is 4. The topological polar surface area (TPSA) is 70.3 Å². The van der Waals surface area contributed by atoms with Crippen LogP contribution in [-0.2, 0) is 6.18 Å². The number of carboxylic acid groups (broad SMARTS) is 1. The average Bonchev–Trinajstić information content (AvgIpc) is 2.84. The molecule has 9 heteroatoms. The Morgan fingerprint density at radius 3 is 2.43 bits per heavy atom. The first-order valence-corrected chi connectivity index (χ1v) is 7.01. The number of nitrogens with zero attached hydrogens (tertiary/aromatic N) is 3. The SMILES string of the molecule is O=C([O-])c1nn2c(C(F)(F)F)cc(-c3ccccc3)nc2c1Br. The Labute approximate surface area is 135 Å². The third kappa shape index (κ3) is 2.67. The quantitative estimate of drug-likeness (QED) is 0.680. The Balaban J connectivity index is 2.38. The number of carbonyl (C=O) groups excluding carboxylic acids is 1. The summed E-state index contributed by atoms with van der Waals surface area (Å²) in [5, 5.41) is 14.4. The van der Waals surface area contributed by atoms with E-state index in [-0.39, 0.29) is 15.8 Å². The number of alkyl halides is 3. The number of carbonyl (C=O) groups is 1. The molecule has 118 valence electrons. The molecule has 0 aliphatic rings. The van der Waals surface area contributed by atoms with Crippen LogP contribution in [0.25, 0.3) is 16.9 Å². The van der Waals surface area contributed by atoms with Crippen LogP contribution in [0.4, 0.5) is 13.2 Å². The van der Waals surface area contributed by atoms with Gasteiger partial charge < -0.3 is 9.90 Å². The van der Waals surface area contributed by atoms with Crippen LogP contribution >= 0.6 is 15.9 Å². The molecule has 0 saturated heterocycles. The summed E-state index contributed by atoms with van der Waals surface area (Å²) in [6.07, 6.45) is -4.74. The van der Waals surface area contributed by atoms with Gasteiger partial charge >= 0.3 is 6.18 Å². The highest BCUT2D eigenvalue weighted by atomic mass is 79.9. The number of aromatic carboxylic acids is 1. The lowest BCUT2D eigenvalue weighted by Crippen LogP contribution is -2.23. The summed E-state index contributed by atoms with van der Waals surface area (Å²) in [4.78, 5) is 15.1. The van der Waals surface area contributed by atoms with E-state index in [9.17, 15) is 23.1 Å². The second-order valence-corrected chi connectivity index (χ2v) is 5.37. The van der Waals surface area contributed by atoms with Crippen LogP contribution in [0.2, 0.25) is 0 Å². The first-order chi connectivity index (χ1) is 10.8. The lowest BCUT2D eigenvalue weighted by Gasteiger charge is -2.11. The molecule has 0 aliphatic heterocycles. The van der Waals surface area contributed by atoms with Gasteiger partial charge in [0.1, 0.15) is 5.69 Å². The fourth-order valence-corrected chi connectivity index (χ4v) is 2.58. The minimum Gasteiger partial charge on any atom is -0.543 e. The summed E-state index contributed by atoms with van der Waals surface area (Å²) in [6, 6.07) is 9.06. The van der Waals surface area contributed by atoms with Crippen molar-refractivity contribution in [3.05, 3.63) is 52.3 Å². The van der Waals surface area contributed by atoms with Crippen molar-refractivity contribution < 1.29 is 23.1 Å². The van der Waals surface area contributed by atoms with Crippen LogP contribution < -0.4 is 5.11 Å². The fourth-order valence-electron chi connectivity index (χ4n) is 2.08. The molecule has 0 fully saturated rings. The Morgan fingerprint density at radius 1 is 1.22 bits per heavy atom. The highest BCUT2D eigenvalue weighted by Crippen LogP contribution is 2.34. The van der Waals surface area contributed by atoms with Crippen LogP contribution in [0.3, 0.4) is 0 Å². The maximum Gasteiger partial charge on any atom is 0.433 e. The van der Waals surface area contributed by atoms with E-state index in [1.165, 1.54) is 0 Å². The summed E-state index contributed by atoms with van der Waals surface area (Å²) in [7, 11) is 0. The molecule has 0 bridgehead atoms. The minimum absolute atomic E-state index is 0.0518. The molecule has 0 aliphatic carbocycles. The van der Waals surface area contributed by atoms with Crippen molar-refractivity contribution in [1.82, 2.24) is 14.6 Å². The molecule has 2 heterocycles. The van der Waals surface area contributed by atoms with Gasteiger partial charge in [-0.25, -0.2) is 9.50 Å². The molecule has 3 rings (SSSR count). The third-order valence-electron chi connectivity index (χ3n) is 3.09. The molecule has 0 N–H and O–H groups in total. The average molecular weight is 385 g/mol. The monoisotopic (exact) mass is 384 g/mol. The van der Waals surface area contributed by atoms with Crippen molar-refractivity contribution in [1.29, 1.82) is 0 Å². The zero-order valence-corrected chi connectivity index (χ0v) is 12.7. The van der Waals surface area contributed by atoms with Gasteiger partial charge in [0.25, 0.3) is 0 Å². The van der Waals surface area contributed by atoms with Gasteiger partial charge in [0.05, 0.1) is 16.1 Å². The predicted octanol–water partition coefficient (Wildman–Crippen LogP) is 2.54. The van der Waals surface area contributed by atoms with Gasteiger partial charge in [-0.15, -0.1) is 0 Å². The maximum absolute atomic E-state index is 13.3. The van der Waals surface area contributed by atoms with E-state index in [1.54, 1.807) is 30.3 Å². The second kappa shape index (κ2) is 5.34. The zero-order valence-electron chi connectivity index (χ0n) is 11.1. The molecule has 3 aromatic rings. The molecule has 2 aromatic heterocycles. The van der Waals surface area contributed by atoms with E-state index in [0.29, 0.717) is 10.1 Å². The van der Waals surface area contributed by atoms with Crippen molar-refractivity contribution in [2.45, 2.75) is 6.18 Å². The maximum atomic E-state index is 13.3. The predicted molar refractivity (Wildman–Crippen MR) is 75.5 cm³/mol. The van der Waals surface area contributed by atoms with Crippen molar-refractivity contribution >= 4 is 27.5 Å². The highest BCUT2D eigenvalue weighted by molar-refractivity contribution is 9.10. The number of fused-ring (bicyclic) bond motifs is 1. The Bertz CT molecular complexity index is 907. The molecule has 23 heavy (non-hydrogen) atoms. The number of halogens is 4. The van der Waals surface area contributed by atoms with Gasteiger partial charge in [0, 0.05) is 5.56 Å². The first kappa shape index (κ1) is 15.5. The summed E-state index contributed by atoms with van der Waals surface area (Å²) in [5.74, 6) is -1.70. The lowest BCUT2D eigenvalue weighted by molar-refractivity contribution is -0.255. The van der Waals surface area contributed by atoms with Crippen molar-refractivity contribution in [2.75, 3.05) is 0 Å². The number of hydrogen-bond donors (Lipinski definition) is 0. The minimum atomic E-state index is -4.74. The Hall–Kier alpha value is -2.42. The van der Waals surface area contributed by atoms with E-state index in [4.69, 9.17) is 0 Å². The normalized spacial score (nSPS) is 11.8. The molecule has 5 nitrogen and oxygen atoms in total. The first-order valence-electron chi connectivity index (χ1n) is 6.22. The smallest absolute Gasteiger partial charge is 0.433 e. The van der Waals surface area contributed by atoms with Crippen LogP contribution in [0.5, 0.6) is 0 Å². The van der Waals surface area contributed by atoms with Gasteiger partial charge in [-0.2, -0.15) is 18.3 Å². The van der Waals surface area contributed by atoms with Gasteiger partial charge in [0.2, 0.25) is 0 Å². The second-order valence-electron chi connectivity index (χ2n) is 4.58. The van der Waals surface area contributed by atoms with Crippen LogP contribution in [0.15, 0.2) is 40.9 Å². The summed E-state index contributed by atoms with van der Waals surface area (Å²) < 4.78 is 40.1. The molecule has 0 radical (unpaired) electrons. The van der Waals surface area contributed by atoms with Gasteiger partial charge in [-0.05, 0) is 22.0 Å². The van der Waals surface area contributed by atoms with Crippen molar-refractivity contribution in [3.63, 3.8) is 0 Å². The number of benzene rings is 1. The lowest BCUT2D eigenvalue weighted by atomic mass is 10.1. The van der Waals surface area contributed by atoms with Crippen LogP contribution in [0.1, 0.15) is 16.2 Å². The van der Waals surface area contributed by atoms with E-state index in [1.807, 2.05) is 0 Å². The number of carboxylic acids is 1. The molecule has 0 atom stereocenters. The summed E-state index contributed by atoms with van der Waals surface area (Å²) in [5.41, 5.74) is -1.51. The van der Waals surface area contributed by atoms with Gasteiger partial charge in [-0.3, -0.25) is 0 Å². The molecule has 1 aromatic carbocycles. The highest BCUT2D eigenvalue weighted by Gasteiger charge is 2.36. The van der Waals surface area contributed by atoms with Gasteiger partial charge in [0.15, 0.2) is 11.3 Å². The van der Waals surface area contributed by atoms with Gasteiger partial charge in [-0.1, -0.05) is 30.3 Å². The number of aromatic nitrogens is 3. The molecular formula is C14H6BrF3N3O2-.